The number of likely N-dealkylation sites (tertiary alicyclic amines) is 2. The van der Waals surface area contributed by atoms with Crippen LogP contribution in [0.4, 0.5) is 0 Å². The van der Waals surface area contributed by atoms with Crippen LogP contribution in [0.3, 0.4) is 0 Å². The fraction of sp³-hybridized carbons (Fsp3) is 0.612. The van der Waals surface area contributed by atoms with Crippen LogP contribution in [0.1, 0.15) is 142 Å². The predicted molar refractivity (Wildman–Crippen MR) is 374 cm³/mol. The quantitative estimate of drug-likeness (QED) is 0.0189. The Bertz CT molecular complexity index is 3070. The third-order valence-electron chi connectivity index (χ3n) is 16.9. The van der Waals surface area contributed by atoms with Gasteiger partial charge in [0.25, 0.3) is 0 Å². The molecule has 99 heavy (non-hydrogen) atoms. The number of primary amides is 3. The summed E-state index contributed by atoms with van der Waals surface area (Å²) in [6.45, 7) is 8.15. The van der Waals surface area contributed by atoms with Crippen LogP contribution >= 0.6 is 11.8 Å². The van der Waals surface area contributed by atoms with Gasteiger partial charge in [0.1, 0.15) is 60.4 Å². The van der Waals surface area contributed by atoms with Crippen LogP contribution in [0.2, 0.25) is 0 Å². The van der Waals surface area contributed by atoms with Crippen molar-refractivity contribution in [2.75, 3.05) is 38.2 Å². The molecule has 2 aliphatic heterocycles. The monoisotopic (exact) mass is 1400 g/mol. The Labute approximate surface area is 583 Å². The number of nitrogens with one attached hydrogen (secondary N) is 8. The van der Waals surface area contributed by atoms with Gasteiger partial charge in [0.2, 0.25) is 76.8 Å². The zero-order valence-corrected chi connectivity index (χ0v) is 58.5. The van der Waals surface area contributed by atoms with Crippen molar-refractivity contribution in [2.24, 2.45) is 57.0 Å². The molecule has 0 radical (unpaired) electrons. The van der Waals surface area contributed by atoms with E-state index in [2.05, 4.69) is 47.5 Å². The van der Waals surface area contributed by atoms with Crippen LogP contribution in [0.5, 0.6) is 0 Å². The summed E-state index contributed by atoms with van der Waals surface area (Å²) in [5, 5.41) is 21.7. The number of unbranched alkanes of at least 4 members (excludes halogenated alkanes) is 1. The van der Waals surface area contributed by atoms with Crippen molar-refractivity contribution in [1.82, 2.24) is 52.3 Å². The average Bonchev–Trinajstić information content (AvgIpc) is 1.76. The first-order valence-corrected chi connectivity index (χ1v) is 35.4. The zero-order chi connectivity index (χ0) is 73.3. The van der Waals surface area contributed by atoms with Gasteiger partial charge in [-0.3, -0.25) is 67.3 Å². The third-order valence-corrected chi connectivity index (χ3v) is 17.6. The second-order valence-electron chi connectivity index (χ2n) is 26.0. The maximum atomic E-state index is 14.8. The number of guanidine groups is 1. The van der Waals surface area contributed by atoms with Crippen molar-refractivity contribution in [1.29, 1.82) is 0 Å². The van der Waals surface area contributed by atoms with E-state index in [1.807, 2.05) is 20.1 Å². The van der Waals surface area contributed by atoms with Crippen LogP contribution in [-0.4, -0.2) is 197 Å². The number of carbonyl (C=O) groups is 13. The predicted octanol–water partition coefficient (Wildman–Crippen LogP) is -2.30. The molecule has 0 aromatic heterocycles. The van der Waals surface area contributed by atoms with Crippen LogP contribution in [0.15, 0.2) is 65.7 Å². The second kappa shape index (κ2) is 42.8. The molecule has 2 heterocycles. The lowest BCUT2D eigenvalue weighted by Gasteiger charge is -2.32. The largest absolute Gasteiger partial charge is 0.370 e. The fourth-order valence-corrected chi connectivity index (χ4v) is 12.2. The Morgan fingerprint density at radius 3 is 1.31 bits per heavy atom. The number of benzene rings is 2. The Hall–Kier alpha value is -8.91. The van der Waals surface area contributed by atoms with E-state index in [9.17, 15) is 62.3 Å². The summed E-state index contributed by atoms with van der Waals surface area (Å²) < 4.78 is 0. The molecule has 0 aliphatic carbocycles. The summed E-state index contributed by atoms with van der Waals surface area (Å²) in [6, 6.07) is 3.42. The molecule has 2 aliphatic rings. The Balaban J connectivity index is 1.60. The SMILES string of the molecule is CSCC[C@H](NC(=O)[C@H](CC(C)C)NC(=O)[C@@H](Cc1ccccc1)NC(=O)[C@@H](CC(C)C)NC(=O)[C@H](Cc1ccccc1)NC(=O)[C@H](CCC(N)=O)NC(=O)[C@H](CCC(N)=O)NC(=O)[C@@H]1CCCN1C(=O)[C@H](CCCCN)NC(=O)[C@@H]1CCCN1C(=O)[C@@H](N)CCCN=C(N)N)C(N)=O. The third kappa shape index (κ3) is 28.8. The number of amides is 13. The molecule has 32 heteroatoms. The van der Waals surface area contributed by atoms with Gasteiger partial charge in [0.15, 0.2) is 5.96 Å². The fourth-order valence-electron chi connectivity index (χ4n) is 11.7. The number of nitrogens with two attached hydrogens (primary N) is 7. The molecule has 2 aromatic rings. The molecule has 0 spiro atoms. The van der Waals surface area contributed by atoms with Gasteiger partial charge in [-0.1, -0.05) is 88.4 Å². The molecular formula is C67H106N18O13S. The van der Waals surface area contributed by atoms with E-state index in [4.69, 9.17) is 40.1 Å². The number of carbonyl (C=O) groups excluding carboxylic acids is 13. The first kappa shape index (κ1) is 82.5. The minimum Gasteiger partial charge on any atom is -0.370 e. The zero-order valence-electron chi connectivity index (χ0n) is 57.6. The van der Waals surface area contributed by atoms with E-state index in [-0.39, 0.29) is 95.3 Å². The van der Waals surface area contributed by atoms with Crippen LogP contribution in [0.25, 0.3) is 0 Å². The summed E-state index contributed by atoms with van der Waals surface area (Å²) in [5.74, 6) is -9.98. The van der Waals surface area contributed by atoms with Gasteiger partial charge in [0, 0.05) is 45.3 Å². The molecule has 0 saturated carbocycles. The van der Waals surface area contributed by atoms with Crippen molar-refractivity contribution >= 4 is 94.5 Å². The molecule has 548 valence electrons. The van der Waals surface area contributed by atoms with Gasteiger partial charge in [-0.15, -0.1) is 0 Å². The molecule has 2 fully saturated rings. The first-order chi connectivity index (χ1) is 47.0. The lowest BCUT2D eigenvalue weighted by atomic mass is 9.98. The van der Waals surface area contributed by atoms with Gasteiger partial charge in [-0.25, -0.2) is 0 Å². The van der Waals surface area contributed by atoms with Crippen LogP contribution < -0.4 is 82.7 Å². The van der Waals surface area contributed by atoms with E-state index < -0.39 is 169 Å². The molecular weight excluding hydrogens is 1300 g/mol. The van der Waals surface area contributed by atoms with Crippen molar-refractivity contribution in [2.45, 2.75) is 210 Å². The topological polar surface area (TPSA) is 519 Å². The number of thioether (sulfide) groups is 1. The second-order valence-corrected chi connectivity index (χ2v) is 27.0. The van der Waals surface area contributed by atoms with Crippen LogP contribution in [-0.2, 0) is 75.2 Å². The number of rotatable bonds is 44. The first-order valence-electron chi connectivity index (χ1n) is 34.0. The van der Waals surface area contributed by atoms with E-state index in [0.29, 0.717) is 55.4 Å². The summed E-state index contributed by atoms with van der Waals surface area (Å²) in [4.78, 5) is 188. The summed E-state index contributed by atoms with van der Waals surface area (Å²) >= 11 is 1.46. The Morgan fingerprint density at radius 1 is 0.485 bits per heavy atom. The minimum absolute atomic E-state index is 0.0186. The minimum atomic E-state index is -1.64. The van der Waals surface area contributed by atoms with Gasteiger partial charge in [0.05, 0.1) is 6.04 Å². The number of hydrogen-bond donors (Lipinski definition) is 15. The summed E-state index contributed by atoms with van der Waals surface area (Å²) in [6.07, 6.45) is 3.19. The lowest BCUT2D eigenvalue weighted by Crippen LogP contribution is -2.61. The lowest BCUT2D eigenvalue weighted by molar-refractivity contribution is -0.144. The van der Waals surface area contributed by atoms with Gasteiger partial charge >= 0.3 is 0 Å². The van der Waals surface area contributed by atoms with Crippen molar-refractivity contribution in [3.05, 3.63) is 71.8 Å². The molecule has 0 unspecified atom stereocenters. The van der Waals surface area contributed by atoms with Crippen molar-refractivity contribution in [3.63, 3.8) is 0 Å². The molecule has 2 aromatic carbocycles. The van der Waals surface area contributed by atoms with E-state index in [0.717, 1.165) is 0 Å². The Kier molecular flexibility index (Phi) is 35.7. The highest BCUT2D eigenvalue weighted by Crippen LogP contribution is 2.24. The highest BCUT2D eigenvalue weighted by atomic mass is 32.2. The number of nitrogens with zero attached hydrogens (tertiary/aromatic N) is 3. The molecule has 22 N–H and O–H groups in total. The molecule has 4 rings (SSSR count). The molecule has 13 amide bonds. The number of aliphatic imine (C=N–C) groups is 1. The van der Waals surface area contributed by atoms with Crippen molar-refractivity contribution in [3.8, 4) is 0 Å². The Morgan fingerprint density at radius 2 is 0.889 bits per heavy atom. The highest BCUT2D eigenvalue weighted by molar-refractivity contribution is 7.98. The summed E-state index contributed by atoms with van der Waals surface area (Å²) in [7, 11) is 0. The van der Waals surface area contributed by atoms with Crippen LogP contribution in [0, 0.1) is 11.8 Å². The average molecular weight is 1400 g/mol. The van der Waals surface area contributed by atoms with Gasteiger partial charge in [-0.2, -0.15) is 11.8 Å². The molecule has 11 atom stereocenters. The highest BCUT2D eigenvalue weighted by Gasteiger charge is 2.43. The van der Waals surface area contributed by atoms with Gasteiger partial charge < -0.3 is 92.5 Å². The molecule has 0 bridgehead atoms. The van der Waals surface area contributed by atoms with E-state index in [1.165, 1.54) is 21.6 Å². The normalized spacial score (nSPS) is 17.0. The standard InChI is InChI=1S/C67H106N18O13S/c1-39(2)35-48(59(91)76-44(56(72)88)29-34-99-5)80-62(94)51(38-42-19-10-7-11-20-42)83-60(92)49(36-40(3)4)81-61(93)50(37-41-17-8-6-9-18-41)82-58(90)45(25-27-54(70)86)77-57(89)46(26-28-55(71)87)78-63(95)53-24-16-33-85(53)66(98)47(22-12-13-30-68)79-64(96)52-23-15-32-84(52)65(97)43(69)21-14-31-75-67(73)74/h6-11,17-20,39-40,43-53H,12-16,21-38,68-69H2,1-5H3,(H2,70,86)(H2,71,87)(H2,72,88)(H,76,91)(H,77,89)(H,78,95)(H,79,96)(H,80,94)(H,81,93)(H,82,90)(H,83,92)(H4,73,74,75)/t43-,44-,45-,46-,47-,48-,49+,50-,51+,52-,53-/m0/s1. The van der Waals surface area contributed by atoms with E-state index in [1.54, 1.807) is 74.5 Å². The summed E-state index contributed by atoms with van der Waals surface area (Å²) in [5.41, 5.74) is 40.9. The molecule has 31 nitrogen and oxygen atoms in total. The maximum absolute atomic E-state index is 14.8. The molecule has 2 saturated heterocycles. The number of hydrogen-bond acceptors (Lipinski definition) is 17. The van der Waals surface area contributed by atoms with Crippen molar-refractivity contribution < 1.29 is 62.3 Å². The van der Waals surface area contributed by atoms with Gasteiger partial charge in [-0.05, 0) is 131 Å². The maximum Gasteiger partial charge on any atom is 0.245 e. The van der Waals surface area contributed by atoms with E-state index >= 15 is 0 Å². The smallest absolute Gasteiger partial charge is 0.245 e.